The van der Waals surface area contributed by atoms with E-state index in [0.29, 0.717) is 115 Å². The molecule has 110 heavy (non-hydrogen) atoms. The molecule has 1 rings (SSSR count). The molecule has 0 radical (unpaired) electrons. The normalized spacial score (nSPS) is 12.9. The van der Waals surface area contributed by atoms with Crippen LogP contribution in [-0.2, 0) is 102 Å². The van der Waals surface area contributed by atoms with E-state index in [1.807, 2.05) is 13.8 Å². The third-order valence-corrected chi connectivity index (χ3v) is 19.0. The number of hydrogen-bond acceptors (Lipinski definition) is 23. The zero-order valence-corrected chi connectivity index (χ0v) is 66.9. The van der Waals surface area contributed by atoms with E-state index in [1.165, 1.54) is 12.1 Å². The zero-order chi connectivity index (χ0) is 81.4. The molecule has 632 valence electrons. The Morgan fingerprint density at radius 3 is 1.46 bits per heavy atom. The summed E-state index contributed by atoms with van der Waals surface area (Å²) in [6, 6.07) is 6.28. The lowest BCUT2D eigenvalue weighted by atomic mass is 9.75. The van der Waals surface area contributed by atoms with Crippen LogP contribution in [-0.4, -0.2) is 225 Å². The maximum absolute atomic E-state index is 14.3. The third-order valence-electron chi connectivity index (χ3n) is 18.2. The molecule has 0 fully saturated rings. The van der Waals surface area contributed by atoms with Gasteiger partial charge in [0.15, 0.2) is 5.78 Å². The summed E-state index contributed by atoms with van der Waals surface area (Å²) in [6.07, 6.45) is 17.3. The predicted molar refractivity (Wildman–Crippen MR) is 419 cm³/mol. The number of Topliss-reactive ketones (excluding diaryl/α,β-unsaturated/α-hetero) is 5. The molecule has 5 atom stereocenters. The Morgan fingerprint density at radius 2 is 0.927 bits per heavy atom. The summed E-state index contributed by atoms with van der Waals surface area (Å²) in [4.78, 5) is 128. The summed E-state index contributed by atoms with van der Waals surface area (Å²) in [6.45, 7) is 13.6. The number of carbonyl (C=O) groups excluding carboxylic acids is 9. The molecule has 30 nitrogen and oxygen atoms in total. The molecule has 0 aliphatic rings. The minimum absolute atomic E-state index is 0. The van der Waals surface area contributed by atoms with Gasteiger partial charge >= 0.3 is 5.97 Å². The van der Waals surface area contributed by atoms with Crippen LogP contribution in [0, 0.1) is 40.9 Å². The van der Waals surface area contributed by atoms with Crippen molar-refractivity contribution < 1.29 is 110 Å². The lowest BCUT2D eigenvalue weighted by Gasteiger charge is -2.27. The minimum atomic E-state index is -3.86. The van der Waals surface area contributed by atoms with Crippen LogP contribution in [0.3, 0.4) is 0 Å². The predicted octanol–water partition coefficient (Wildman–Crippen LogP) is 8.07. The number of phenols is 1. The largest absolute Gasteiger partial charge is 0.508 e. The Morgan fingerprint density at radius 1 is 0.464 bits per heavy atom. The van der Waals surface area contributed by atoms with Gasteiger partial charge in [0.25, 0.3) is 10.1 Å². The number of ether oxygens (including phenoxy) is 8. The number of aliphatic carboxylic acids is 1. The van der Waals surface area contributed by atoms with Crippen molar-refractivity contribution in [1.29, 1.82) is 5.41 Å². The van der Waals surface area contributed by atoms with Crippen molar-refractivity contribution in [3.05, 3.63) is 42.1 Å². The first kappa shape index (κ1) is 101. The molecule has 0 heterocycles. The number of carboxylic acid groups (broad SMARTS) is 1. The molecule has 31 heteroatoms. The maximum atomic E-state index is 14.3. The highest BCUT2D eigenvalue weighted by molar-refractivity contribution is 7.85. The molecule has 1 unspecified atom stereocenters. The molecular weight excluding hydrogens is 1450 g/mol. The summed E-state index contributed by atoms with van der Waals surface area (Å²) >= 11 is 0. The van der Waals surface area contributed by atoms with Gasteiger partial charge in [0, 0.05) is 115 Å². The molecule has 0 saturated heterocycles. The average molecular weight is 1590 g/mol. The van der Waals surface area contributed by atoms with Gasteiger partial charge in [0.05, 0.1) is 96.8 Å². The first-order valence-electron chi connectivity index (χ1n) is 39.7. The number of rotatable bonds is 79. The summed E-state index contributed by atoms with van der Waals surface area (Å²) in [5, 5.41) is 38.3. The van der Waals surface area contributed by atoms with E-state index in [-0.39, 0.29) is 215 Å². The number of ketones is 5. The number of hydrogen-bond donors (Lipinski definition) is 10. The number of amides is 4. The van der Waals surface area contributed by atoms with E-state index in [0.717, 1.165) is 77.0 Å². The second-order valence-corrected chi connectivity index (χ2v) is 30.1. The van der Waals surface area contributed by atoms with Crippen LogP contribution in [0.1, 0.15) is 214 Å². The molecule has 1 aromatic carbocycles. The van der Waals surface area contributed by atoms with E-state index in [4.69, 9.17) is 59.3 Å². The van der Waals surface area contributed by atoms with Gasteiger partial charge in [0.1, 0.15) is 48.7 Å². The lowest BCUT2D eigenvalue weighted by molar-refractivity contribution is -0.144. The quantitative estimate of drug-likeness (QED) is 0.0127. The molecular formula is C79H137N7O23S. The molecule has 0 spiro atoms. The number of carbonyl (C=O) groups is 10. The van der Waals surface area contributed by atoms with Gasteiger partial charge in [-0.3, -0.25) is 57.9 Å². The molecule has 0 aromatic heterocycles. The van der Waals surface area contributed by atoms with Crippen LogP contribution < -0.4 is 32.7 Å². The number of aromatic hydroxyl groups is 1. The molecule has 0 aliphatic carbocycles. The van der Waals surface area contributed by atoms with Crippen LogP contribution in [0.15, 0.2) is 36.5 Å². The maximum Gasteiger partial charge on any atom is 0.306 e. The van der Waals surface area contributed by atoms with Crippen molar-refractivity contribution in [2.75, 3.05) is 138 Å². The molecule has 12 N–H and O–H groups in total. The number of benzene rings is 1. The van der Waals surface area contributed by atoms with Crippen molar-refractivity contribution in [1.82, 2.24) is 21.3 Å². The van der Waals surface area contributed by atoms with Crippen molar-refractivity contribution in [3.63, 3.8) is 0 Å². The summed E-state index contributed by atoms with van der Waals surface area (Å²) in [5.41, 5.74) is 12.7. The Balaban J connectivity index is 0.000121. The van der Waals surface area contributed by atoms with E-state index in [1.54, 1.807) is 19.1 Å². The number of nitrogens with two attached hydrogens (primary N) is 2. The van der Waals surface area contributed by atoms with Gasteiger partial charge in [-0.25, -0.2) is 0 Å². The standard InChI is InChI=1S/C79H135N7O23S.H2/c1-60(2)51-70(90)53-64(77(95)62(4)71(26-17-18-27-73(80)81)72(91)55-66(78(82)96)52-63-28-31-67(87)32-29-63)23-19-20-34-84-75(93)58-108-48-42-102-38-22-25-69(89)57-107-47-44-105-41-37-86-76(94)59-109-49-45-103-39-35-83-61(3)56-106-46-43-104-40-36-85-74(92)33-30-65(79(97)98)54-68(88)24-16-14-12-10-8-6-5-7-9-11-13-15-21-50-110(99,100)101;/h28-29,31-32,60,62,64-66,71,83,87H,3,5-27,30,33-59H2,1-2,4H3,(H3,80,81)(H2,82,96)(H,84,93)(H,85,92)(H,86,94)(H,97,98)(H,99,100,101);1H/t62?,64-,65-,66-,71-;/m1./s1. The highest BCUT2D eigenvalue weighted by Crippen LogP contribution is 2.31. The van der Waals surface area contributed by atoms with E-state index >= 15 is 0 Å². The summed E-state index contributed by atoms with van der Waals surface area (Å²) in [5.74, 6) is -7.41. The van der Waals surface area contributed by atoms with Crippen LogP contribution in [0.4, 0.5) is 0 Å². The van der Waals surface area contributed by atoms with Crippen LogP contribution in [0.2, 0.25) is 0 Å². The van der Waals surface area contributed by atoms with Crippen molar-refractivity contribution in [2.45, 2.75) is 213 Å². The average Bonchev–Trinajstić information content (AvgIpc) is 0.838. The Labute approximate surface area is 654 Å². The second kappa shape index (κ2) is 65.8. The van der Waals surface area contributed by atoms with Gasteiger partial charge in [-0.15, -0.1) is 0 Å². The number of unbranched alkanes of at least 4 members (excludes halogenated alkanes) is 14. The highest BCUT2D eigenvalue weighted by Gasteiger charge is 2.36. The number of phenolic OH excluding ortho intramolecular Hbond substituents is 1. The lowest BCUT2D eigenvalue weighted by Crippen LogP contribution is -2.36. The van der Waals surface area contributed by atoms with Crippen LogP contribution in [0.25, 0.3) is 0 Å². The molecule has 0 saturated carbocycles. The molecule has 4 amide bonds. The van der Waals surface area contributed by atoms with Gasteiger partial charge in [0.2, 0.25) is 23.6 Å². The van der Waals surface area contributed by atoms with Gasteiger partial charge < -0.3 is 80.8 Å². The third kappa shape index (κ3) is 60.0. The Bertz CT molecular complexity index is 2900. The minimum Gasteiger partial charge on any atom is -0.508 e. The van der Waals surface area contributed by atoms with Crippen molar-refractivity contribution in [2.24, 2.45) is 47.0 Å². The summed E-state index contributed by atoms with van der Waals surface area (Å²) < 4.78 is 74.1. The van der Waals surface area contributed by atoms with Crippen molar-refractivity contribution in [3.8, 4) is 5.75 Å². The zero-order valence-electron chi connectivity index (χ0n) is 66.1. The Kier molecular flexibility index (Phi) is 60.6. The SMILES string of the molecule is C=C(COCCOCCNC(=O)CC[C@H](CC(=O)CCCCCCCCCCCCCCCS(=O)(=O)O)C(=O)O)NCCOCCOCC(=O)NCCOCCOCC(=O)CCCOCCOCC(=O)NCCCC[C@H](CC(=O)CC(C)C)C(=O)C(C)[C@@H](CCCCC(=N)N)C(=O)C[C@@H](Cc1ccc(O)cc1)C(N)=O.[HH]. The topological polar surface area (TPSA) is 463 Å². The van der Waals surface area contributed by atoms with Crippen molar-refractivity contribution >= 4 is 74.5 Å². The number of primary amides is 1. The Hall–Kier alpha value is -6.68. The number of nitrogens with one attached hydrogen (secondary N) is 5. The highest BCUT2D eigenvalue weighted by atomic mass is 32.2. The van der Waals surface area contributed by atoms with Gasteiger partial charge in [-0.1, -0.05) is 123 Å². The van der Waals surface area contributed by atoms with E-state index in [2.05, 4.69) is 27.8 Å². The monoisotopic (exact) mass is 1580 g/mol. The molecule has 0 bridgehead atoms. The van der Waals surface area contributed by atoms with Gasteiger partial charge in [-0.05, 0) is 81.4 Å². The molecule has 0 aliphatic heterocycles. The van der Waals surface area contributed by atoms with E-state index < -0.39 is 51.6 Å². The fourth-order valence-corrected chi connectivity index (χ4v) is 12.6. The molecule has 1 aromatic rings. The number of carboxylic acids is 1. The fourth-order valence-electron chi connectivity index (χ4n) is 12.1. The number of amidine groups is 1. The first-order chi connectivity index (χ1) is 52.7. The fraction of sp³-hybridized carbons (Fsp3) is 0.759. The van der Waals surface area contributed by atoms with Crippen LogP contribution in [0.5, 0.6) is 5.75 Å². The van der Waals surface area contributed by atoms with Gasteiger partial charge in [-0.2, -0.15) is 8.42 Å². The summed E-state index contributed by atoms with van der Waals surface area (Å²) in [7, 11) is -3.86. The first-order valence-corrected chi connectivity index (χ1v) is 41.3. The second-order valence-electron chi connectivity index (χ2n) is 28.6. The van der Waals surface area contributed by atoms with Crippen LogP contribution >= 0.6 is 0 Å². The smallest absolute Gasteiger partial charge is 0.306 e. The van der Waals surface area contributed by atoms with E-state index in [9.17, 15) is 66.6 Å².